The summed E-state index contributed by atoms with van der Waals surface area (Å²) in [5.41, 5.74) is 8.26. The third-order valence-electron chi connectivity index (χ3n) is 4.52. The van der Waals surface area contributed by atoms with Gasteiger partial charge in [0.1, 0.15) is 11.6 Å². The van der Waals surface area contributed by atoms with E-state index in [0.717, 1.165) is 16.5 Å². The van der Waals surface area contributed by atoms with Crippen LogP contribution in [-0.2, 0) is 11.2 Å². The van der Waals surface area contributed by atoms with Crippen LogP contribution in [0.1, 0.15) is 12.0 Å². The second kappa shape index (κ2) is 8.42. The maximum Gasteiger partial charge on any atom is 0.217 e. The van der Waals surface area contributed by atoms with E-state index in [1.807, 2.05) is 30.3 Å². The second-order valence-electron chi connectivity index (χ2n) is 6.71. The molecule has 0 atom stereocenters. The summed E-state index contributed by atoms with van der Waals surface area (Å²) in [4.78, 5) is 24.6. The molecule has 8 heteroatoms. The predicted molar refractivity (Wildman–Crippen MR) is 115 cm³/mol. The number of carbonyl (C=O) groups excluding carboxylic acids is 1. The molecule has 3 N–H and O–H groups in total. The fraction of sp³-hybridized carbons (Fsp3) is 0.0909. The maximum absolute atomic E-state index is 13.5. The zero-order valence-electron chi connectivity index (χ0n) is 15.8. The van der Waals surface area contributed by atoms with Crippen molar-refractivity contribution in [2.24, 2.45) is 5.73 Å². The van der Waals surface area contributed by atoms with Gasteiger partial charge in [0.15, 0.2) is 5.82 Å². The number of benzene rings is 2. The third kappa shape index (κ3) is 4.36. The fourth-order valence-electron chi connectivity index (χ4n) is 3.03. The summed E-state index contributed by atoms with van der Waals surface area (Å²) in [6, 6.07) is 13.7. The minimum Gasteiger partial charge on any atom is -0.370 e. The zero-order valence-corrected chi connectivity index (χ0v) is 16.5. The van der Waals surface area contributed by atoms with Gasteiger partial charge in [-0.3, -0.25) is 9.78 Å². The van der Waals surface area contributed by atoms with Crippen molar-refractivity contribution in [3.63, 3.8) is 0 Å². The number of primary amides is 1. The van der Waals surface area contributed by atoms with Crippen molar-refractivity contribution in [2.45, 2.75) is 12.8 Å². The third-order valence-corrected chi connectivity index (χ3v) is 4.81. The number of carbonyl (C=O) groups is 1. The number of rotatable bonds is 6. The van der Waals surface area contributed by atoms with Crippen LogP contribution in [0.25, 0.3) is 22.3 Å². The summed E-state index contributed by atoms with van der Waals surface area (Å²) in [7, 11) is 0. The molecule has 2 heterocycles. The fourth-order valence-corrected chi connectivity index (χ4v) is 3.21. The summed E-state index contributed by atoms with van der Waals surface area (Å²) in [6.07, 6.45) is 4.12. The lowest BCUT2D eigenvalue weighted by atomic mass is 10.1. The number of hydrogen-bond acceptors (Lipinski definition) is 5. The van der Waals surface area contributed by atoms with E-state index in [-0.39, 0.29) is 17.4 Å². The number of pyridine rings is 1. The summed E-state index contributed by atoms with van der Waals surface area (Å²) in [5.74, 6) is 0.163. The van der Waals surface area contributed by atoms with Crippen molar-refractivity contribution in [3.8, 4) is 11.4 Å². The Balaban J connectivity index is 1.82. The molecule has 0 bridgehead atoms. The lowest BCUT2D eigenvalue weighted by Gasteiger charge is -2.12. The Hall–Kier alpha value is -3.58. The van der Waals surface area contributed by atoms with E-state index in [1.165, 1.54) is 12.1 Å². The van der Waals surface area contributed by atoms with Gasteiger partial charge in [-0.15, -0.1) is 0 Å². The first-order valence-corrected chi connectivity index (χ1v) is 9.59. The molecule has 4 rings (SSSR count). The van der Waals surface area contributed by atoms with Gasteiger partial charge in [-0.2, -0.15) is 0 Å². The number of fused-ring (bicyclic) bond motifs is 1. The number of anilines is 2. The minimum atomic E-state index is -0.500. The maximum atomic E-state index is 13.5. The number of aryl methyl sites for hydroxylation is 1. The number of amides is 1. The highest BCUT2D eigenvalue weighted by Crippen LogP contribution is 2.29. The van der Waals surface area contributed by atoms with Gasteiger partial charge in [0.05, 0.1) is 10.5 Å². The van der Waals surface area contributed by atoms with Gasteiger partial charge in [-0.05, 0) is 54.4 Å². The molecule has 0 radical (unpaired) electrons. The zero-order chi connectivity index (χ0) is 21.1. The molecule has 0 spiro atoms. The van der Waals surface area contributed by atoms with Crippen molar-refractivity contribution in [1.29, 1.82) is 0 Å². The van der Waals surface area contributed by atoms with Gasteiger partial charge in [-0.1, -0.05) is 17.7 Å². The summed E-state index contributed by atoms with van der Waals surface area (Å²) >= 11 is 5.92. The average Bonchev–Trinajstić information content (AvgIpc) is 2.75. The van der Waals surface area contributed by atoms with E-state index in [4.69, 9.17) is 17.3 Å². The SMILES string of the molecule is NC(=O)CCc1ccc2nc(-c3cccnc3)nc(Nc3ccc(F)c(Cl)c3)c2c1. The topological polar surface area (TPSA) is 93.8 Å². The molecule has 1 amide bonds. The Bertz CT molecular complexity index is 1230. The molecule has 2 aromatic heterocycles. The molecular weight excluding hydrogens is 405 g/mol. The Kier molecular flexibility index (Phi) is 5.54. The quantitative estimate of drug-likeness (QED) is 0.472. The van der Waals surface area contributed by atoms with Crippen molar-refractivity contribution >= 4 is 39.9 Å². The first-order valence-electron chi connectivity index (χ1n) is 9.21. The molecule has 0 aliphatic heterocycles. The van der Waals surface area contributed by atoms with E-state index in [0.29, 0.717) is 29.3 Å². The minimum absolute atomic E-state index is 0.00740. The standard InChI is InChI=1S/C22H17ClFN5O/c23-17-11-15(5-6-18(17)24)27-22-16-10-13(4-8-20(25)30)3-7-19(16)28-21(29-22)14-2-1-9-26-12-14/h1-3,5-7,9-12H,4,8H2,(H2,25,30)(H,27,28,29). The molecule has 0 aliphatic rings. The molecule has 2 aromatic carbocycles. The monoisotopic (exact) mass is 421 g/mol. The van der Waals surface area contributed by atoms with E-state index < -0.39 is 5.82 Å². The van der Waals surface area contributed by atoms with Gasteiger partial charge >= 0.3 is 0 Å². The number of nitrogens with zero attached hydrogens (tertiary/aromatic N) is 3. The smallest absolute Gasteiger partial charge is 0.217 e. The lowest BCUT2D eigenvalue weighted by Crippen LogP contribution is -2.11. The van der Waals surface area contributed by atoms with Crippen LogP contribution in [0.2, 0.25) is 5.02 Å². The van der Waals surface area contributed by atoms with Crippen LogP contribution < -0.4 is 11.1 Å². The van der Waals surface area contributed by atoms with E-state index >= 15 is 0 Å². The van der Waals surface area contributed by atoms with Crippen molar-refractivity contribution in [1.82, 2.24) is 15.0 Å². The number of nitrogens with one attached hydrogen (secondary N) is 1. The number of hydrogen-bond donors (Lipinski definition) is 2. The van der Waals surface area contributed by atoms with Crippen molar-refractivity contribution in [2.75, 3.05) is 5.32 Å². The molecule has 30 heavy (non-hydrogen) atoms. The summed E-state index contributed by atoms with van der Waals surface area (Å²) in [6.45, 7) is 0. The van der Waals surface area contributed by atoms with Gasteiger partial charge in [0.25, 0.3) is 0 Å². The molecule has 0 unspecified atom stereocenters. The summed E-state index contributed by atoms with van der Waals surface area (Å²) in [5, 5.41) is 3.97. The van der Waals surface area contributed by atoms with Crippen molar-refractivity contribution < 1.29 is 9.18 Å². The molecule has 0 saturated carbocycles. The normalized spacial score (nSPS) is 10.9. The Labute approximate surface area is 177 Å². The van der Waals surface area contributed by atoms with Crippen LogP contribution in [0.15, 0.2) is 60.9 Å². The van der Waals surface area contributed by atoms with Gasteiger partial charge in [0, 0.05) is 35.5 Å². The highest BCUT2D eigenvalue weighted by Gasteiger charge is 2.12. The first kappa shape index (κ1) is 19.7. The summed E-state index contributed by atoms with van der Waals surface area (Å²) < 4.78 is 13.5. The first-order chi connectivity index (χ1) is 14.5. The Morgan fingerprint density at radius 1 is 1.13 bits per heavy atom. The average molecular weight is 422 g/mol. The Morgan fingerprint density at radius 2 is 2.00 bits per heavy atom. The molecule has 4 aromatic rings. The van der Waals surface area contributed by atoms with Crippen LogP contribution in [0.4, 0.5) is 15.9 Å². The molecule has 0 saturated heterocycles. The largest absolute Gasteiger partial charge is 0.370 e. The van der Waals surface area contributed by atoms with Crippen molar-refractivity contribution in [3.05, 3.63) is 77.3 Å². The van der Waals surface area contributed by atoms with Crippen LogP contribution in [0, 0.1) is 5.82 Å². The van der Waals surface area contributed by atoms with E-state index in [2.05, 4.69) is 20.3 Å². The number of aromatic nitrogens is 3. The second-order valence-corrected chi connectivity index (χ2v) is 7.12. The highest BCUT2D eigenvalue weighted by molar-refractivity contribution is 6.31. The van der Waals surface area contributed by atoms with Gasteiger partial charge < -0.3 is 11.1 Å². The van der Waals surface area contributed by atoms with E-state index in [9.17, 15) is 9.18 Å². The number of halogens is 2. The lowest BCUT2D eigenvalue weighted by molar-refractivity contribution is -0.117. The van der Waals surface area contributed by atoms with Gasteiger partial charge in [0.2, 0.25) is 5.91 Å². The molecular formula is C22H17ClFN5O. The molecule has 0 fully saturated rings. The van der Waals surface area contributed by atoms with Crippen LogP contribution >= 0.6 is 11.6 Å². The predicted octanol–water partition coefficient (Wildman–Crippen LogP) is 4.65. The molecule has 0 aliphatic carbocycles. The number of nitrogens with two attached hydrogens (primary N) is 1. The van der Waals surface area contributed by atoms with Crippen LogP contribution in [0.5, 0.6) is 0 Å². The van der Waals surface area contributed by atoms with Crippen LogP contribution in [-0.4, -0.2) is 20.9 Å². The Morgan fingerprint density at radius 3 is 2.73 bits per heavy atom. The molecule has 150 valence electrons. The van der Waals surface area contributed by atoms with Crippen LogP contribution in [0.3, 0.4) is 0 Å². The highest BCUT2D eigenvalue weighted by atomic mass is 35.5. The molecule has 6 nitrogen and oxygen atoms in total. The van der Waals surface area contributed by atoms with E-state index in [1.54, 1.807) is 18.5 Å². The van der Waals surface area contributed by atoms with Gasteiger partial charge in [-0.25, -0.2) is 14.4 Å².